The number of benzene rings is 1. The molecule has 1 aliphatic rings. The van der Waals surface area contributed by atoms with Gasteiger partial charge in [0.1, 0.15) is 4.47 Å². The van der Waals surface area contributed by atoms with Gasteiger partial charge in [0, 0.05) is 30.1 Å². The van der Waals surface area contributed by atoms with Crippen LogP contribution in [0.4, 0.5) is 11.6 Å². The van der Waals surface area contributed by atoms with Gasteiger partial charge in [-0.15, -0.1) is 0 Å². The molecule has 3 rings (SSSR count). The quantitative estimate of drug-likeness (QED) is 0.573. The standard InChI is InChI=1S/C14H17Br2N5O2/c1-2-4-20-10-6-9(15)11(16)13(21(22)23)12(10)18-14(20)19-5-3-8(17)7-19/h6,8H,2-5,7,17H2,1H3/t8-/m1/s1. The van der Waals surface area contributed by atoms with E-state index in [0.717, 1.165) is 43.9 Å². The molecule has 124 valence electrons. The van der Waals surface area contributed by atoms with E-state index in [1.54, 1.807) is 0 Å². The average molecular weight is 447 g/mol. The third-order valence-corrected chi connectivity index (χ3v) is 5.99. The van der Waals surface area contributed by atoms with Crippen LogP contribution in [-0.4, -0.2) is 33.6 Å². The number of anilines is 1. The van der Waals surface area contributed by atoms with Crippen LogP contribution in [0.5, 0.6) is 0 Å². The Kier molecular flexibility index (Phi) is 4.61. The summed E-state index contributed by atoms with van der Waals surface area (Å²) in [5.74, 6) is 0.767. The molecular formula is C14H17Br2N5O2. The molecule has 1 saturated heterocycles. The Labute approximate surface area is 150 Å². The van der Waals surface area contributed by atoms with E-state index in [9.17, 15) is 10.1 Å². The molecule has 2 N–H and O–H groups in total. The molecule has 1 aromatic carbocycles. The van der Waals surface area contributed by atoms with Crippen molar-refractivity contribution in [3.05, 3.63) is 25.1 Å². The molecule has 0 unspecified atom stereocenters. The summed E-state index contributed by atoms with van der Waals surface area (Å²) >= 11 is 6.69. The van der Waals surface area contributed by atoms with Crippen LogP contribution in [0, 0.1) is 10.1 Å². The van der Waals surface area contributed by atoms with Crippen molar-refractivity contribution in [2.24, 2.45) is 5.73 Å². The van der Waals surface area contributed by atoms with Crippen molar-refractivity contribution in [3.63, 3.8) is 0 Å². The Morgan fingerprint density at radius 2 is 2.26 bits per heavy atom. The summed E-state index contributed by atoms with van der Waals surface area (Å²) in [6.45, 7) is 4.38. The first-order valence-corrected chi connectivity index (χ1v) is 9.05. The molecule has 9 heteroatoms. The molecule has 1 aliphatic heterocycles. The lowest BCUT2D eigenvalue weighted by molar-refractivity contribution is -0.384. The predicted octanol–water partition coefficient (Wildman–Crippen LogP) is 3.42. The highest BCUT2D eigenvalue weighted by atomic mass is 79.9. The summed E-state index contributed by atoms with van der Waals surface area (Å²) < 4.78 is 3.12. The monoisotopic (exact) mass is 445 g/mol. The zero-order valence-corrected chi connectivity index (χ0v) is 15.8. The predicted molar refractivity (Wildman–Crippen MR) is 96.9 cm³/mol. The molecule has 1 aromatic heterocycles. The number of halogens is 2. The van der Waals surface area contributed by atoms with E-state index in [0.29, 0.717) is 14.5 Å². The fraction of sp³-hybridized carbons (Fsp3) is 0.500. The maximum Gasteiger partial charge on any atom is 0.312 e. The van der Waals surface area contributed by atoms with Crippen molar-refractivity contribution >= 4 is 54.5 Å². The third-order valence-electron chi connectivity index (χ3n) is 4.03. The molecule has 0 spiro atoms. The van der Waals surface area contributed by atoms with Gasteiger partial charge < -0.3 is 15.2 Å². The van der Waals surface area contributed by atoms with Gasteiger partial charge in [0.15, 0.2) is 5.52 Å². The van der Waals surface area contributed by atoms with Crippen LogP contribution in [-0.2, 0) is 6.54 Å². The summed E-state index contributed by atoms with van der Waals surface area (Å²) in [5.41, 5.74) is 7.18. The second-order valence-electron chi connectivity index (χ2n) is 5.70. The van der Waals surface area contributed by atoms with Crippen LogP contribution in [0.2, 0.25) is 0 Å². The molecule has 0 aliphatic carbocycles. The largest absolute Gasteiger partial charge is 0.341 e. The Morgan fingerprint density at radius 3 is 2.83 bits per heavy atom. The normalized spacial score (nSPS) is 18.1. The molecule has 0 bridgehead atoms. The number of hydrogen-bond acceptors (Lipinski definition) is 5. The van der Waals surface area contributed by atoms with Gasteiger partial charge in [-0.05, 0) is 50.8 Å². The Bertz CT molecular complexity index is 776. The fourth-order valence-electron chi connectivity index (χ4n) is 3.00. The molecule has 2 aromatic rings. The lowest BCUT2D eigenvalue weighted by atomic mass is 10.2. The molecule has 1 atom stereocenters. The summed E-state index contributed by atoms with van der Waals surface area (Å²) in [6, 6.07) is 2.01. The number of nitrogens with zero attached hydrogens (tertiary/aromatic N) is 4. The number of nitro groups is 1. The van der Waals surface area contributed by atoms with Gasteiger partial charge in [0.25, 0.3) is 0 Å². The van der Waals surface area contributed by atoms with Crippen LogP contribution in [0.3, 0.4) is 0 Å². The van der Waals surface area contributed by atoms with Crippen molar-refractivity contribution in [1.29, 1.82) is 0 Å². The van der Waals surface area contributed by atoms with Crippen LogP contribution >= 0.6 is 31.9 Å². The van der Waals surface area contributed by atoms with Gasteiger partial charge in [-0.25, -0.2) is 4.98 Å². The van der Waals surface area contributed by atoms with Crippen LogP contribution in [0.15, 0.2) is 15.0 Å². The van der Waals surface area contributed by atoms with E-state index in [4.69, 9.17) is 5.73 Å². The molecule has 1 fully saturated rings. The summed E-state index contributed by atoms with van der Waals surface area (Å²) in [5, 5.41) is 11.5. The first kappa shape index (κ1) is 16.7. The van der Waals surface area contributed by atoms with Crippen molar-refractivity contribution in [3.8, 4) is 0 Å². The van der Waals surface area contributed by atoms with E-state index < -0.39 is 0 Å². The van der Waals surface area contributed by atoms with Crippen LogP contribution in [0.25, 0.3) is 11.0 Å². The number of aromatic nitrogens is 2. The maximum absolute atomic E-state index is 11.5. The molecule has 0 amide bonds. The highest BCUT2D eigenvalue weighted by Gasteiger charge is 2.29. The summed E-state index contributed by atoms with van der Waals surface area (Å²) in [6.07, 6.45) is 1.82. The lowest BCUT2D eigenvalue weighted by Gasteiger charge is -2.18. The topological polar surface area (TPSA) is 90.2 Å². The van der Waals surface area contributed by atoms with Gasteiger partial charge in [0.2, 0.25) is 5.95 Å². The SMILES string of the molecule is CCCn1c(N2CC[C@@H](N)C2)nc2c([N+](=O)[O-])c(Br)c(Br)cc21. The van der Waals surface area contributed by atoms with Crippen molar-refractivity contribution in [1.82, 2.24) is 9.55 Å². The van der Waals surface area contributed by atoms with Gasteiger partial charge >= 0.3 is 5.69 Å². The zero-order chi connectivity index (χ0) is 16.7. The first-order chi connectivity index (χ1) is 10.9. The number of nitrogens with two attached hydrogens (primary N) is 1. The first-order valence-electron chi connectivity index (χ1n) is 7.47. The maximum atomic E-state index is 11.5. The molecule has 0 radical (unpaired) electrons. The van der Waals surface area contributed by atoms with E-state index >= 15 is 0 Å². The Balaban J connectivity index is 2.26. The fourth-order valence-corrected chi connectivity index (χ4v) is 3.85. The molecular weight excluding hydrogens is 430 g/mol. The van der Waals surface area contributed by atoms with Crippen molar-refractivity contribution < 1.29 is 4.92 Å². The Hall–Kier alpha value is -1.19. The van der Waals surface area contributed by atoms with Crippen LogP contribution in [0.1, 0.15) is 19.8 Å². The number of imidazole rings is 1. The summed E-state index contributed by atoms with van der Waals surface area (Å²) in [7, 11) is 0. The van der Waals surface area contributed by atoms with E-state index in [1.807, 2.05) is 6.07 Å². The van der Waals surface area contributed by atoms with Gasteiger partial charge in [-0.1, -0.05) is 6.92 Å². The molecule has 0 saturated carbocycles. The number of rotatable bonds is 4. The number of aryl methyl sites for hydroxylation is 1. The Morgan fingerprint density at radius 1 is 1.52 bits per heavy atom. The van der Waals surface area contributed by atoms with E-state index in [-0.39, 0.29) is 16.7 Å². The number of nitro benzene ring substituents is 1. The average Bonchev–Trinajstić information content (AvgIpc) is 3.05. The molecule has 2 heterocycles. The van der Waals surface area contributed by atoms with Gasteiger partial charge in [-0.3, -0.25) is 10.1 Å². The van der Waals surface area contributed by atoms with E-state index in [2.05, 4.69) is 53.2 Å². The minimum absolute atomic E-state index is 0.00558. The summed E-state index contributed by atoms with van der Waals surface area (Å²) in [4.78, 5) is 17.9. The second kappa shape index (κ2) is 6.37. The molecule has 23 heavy (non-hydrogen) atoms. The minimum atomic E-state index is -0.389. The molecule has 7 nitrogen and oxygen atoms in total. The van der Waals surface area contributed by atoms with E-state index in [1.165, 1.54) is 0 Å². The van der Waals surface area contributed by atoms with Crippen molar-refractivity contribution in [2.45, 2.75) is 32.4 Å². The smallest absolute Gasteiger partial charge is 0.312 e. The second-order valence-corrected chi connectivity index (χ2v) is 7.35. The highest BCUT2D eigenvalue weighted by Crippen LogP contribution is 2.40. The third kappa shape index (κ3) is 2.85. The zero-order valence-electron chi connectivity index (χ0n) is 12.6. The van der Waals surface area contributed by atoms with Gasteiger partial charge in [-0.2, -0.15) is 0 Å². The highest BCUT2D eigenvalue weighted by molar-refractivity contribution is 9.13. The van der Waals surface area contributed by atoms with Gasteiger partial charge in [0.05, 0.1) is 10.4 Å². The minimum Gasteiger partial charge on any atom is -0.341 e. The van der Waals surface area contributed by atoms with Crippen LogP contribution < -0.4 is 10.6 Å². The number of fused-ring (bicyclic) bond motifs is 1. The van der Waals surface area contributed by atoms with Crippen molar-refractivity contribution in [2.75, 3.05) is 18.0 Å². The number of hydrogen-bond donors (Lipinski definition) is 1. The lowest BCUT2D eigenvalue weighted by Crippen LogP contribution is -2.28.